The number of esters is 2. The molecule has 8 nitrogen and oxygen atoms in total. The Labute approximate surface area is 239 Å². The predicted octanol–water partition coefficient (Wildman–Crippen LogP) is 5.61. The Bertz CT molecular complexity index is 1350. The van der Waals surface area contributed by atoms with Crippen molar-refractivity contribution in [1.82, 2.24) is 5.32 Å². The summed E-state index contributed by atoms with van der Waals surface area (Å²) in [5, 5.41) is 3.98. The van der Waals surface area contributed by atoms with Gasteiger partial charge in [-0.15, -0.1) is 0 Å². The normalized spacial score (nSPS) is 18.7. The molecule has 0 aromatic heterocycles. The number of allylic oxidation sites excluding steroid dienone is 3. The second-order valence-electron chi connectivity index (χ2n) is 9.63. The molecule has 0 bridgehead atoms. The molecule has 40 heavy (non-hydrogen) atoms. The summed E-state index contributed by atoms with van der Waals surface area (Å²) in [5.41, 5.74) is 3.92. The van der Waals surface area contributed by atoms with Gasteiger partial charge in [0.25, 0.3) is 0 Å². The Morgan fingerprint density at radius 3 is 2.38 bits per heavy atom. The van der Waals surface area contributed by atoms with Crippen molar-refractivity contribution in [1.29, 1.82) is 0 Å². The van der Waals surface area contributed by atoms with Gasteiger partial charge in [-0.05, 0) is 68.5 Å². The lowest BCUT2D eigenvalue weighted by Gasteiger charge is -2.37. The molecule has 0 radical (unpaired) electrons. The van der Waals surface area contributed by atoms with Crippen molar-refractivity contribution >= 4 is 29.3 Å². The maximum Gasteiger partial charge on any atom is 0.336 e. The van der Waals surface area contributed by atoms with E-state index in [0.717, 1.165) is 11.3 Å². The zero-order valence-electron chi connectivity index (χ0n) is 23.2. The molecule has 4 rings (SSSR count). The van der Waals surface area contributed by atoms with Crippen LogP contribution in [0.15, 0.2) is 65.0 Å². The van der Waals surface area contributed by atoms with E-state index in [0.29, 0.717) is 52.8 Å². The second kappa shape index (κ2) is 13.2. The van der Waals surface area contributed by atoms with Crippen molar-refractivity contribution in [2.75, 3.05) is 26.4 Å². The van der Waals surface area contributed by atoms with E-state index >= 15 is 0 Å². The molecule has 1 heterocycles. The summed E-state index contributed by atoms with van der Waals surface area (Å²) in [6.45, 7) is 8.01. The van der Waals surface area contributed by atoms with Gasteiger partial charge < -0.3 is 24.3 Å². The van der Waals surface area contributed by atoms with E-state index < -0.39 is 17.9 Å². The van der Waals surface area contributed by atoms with E-state index in [9.17, 15) is 14.4 Å². The van der Waals surface area contributed by atoms with Gasteiger partial charge in [0, 0.05) is 47.9 Å². The van der Waals surface area contributed by atoms with Crippen LogP contribution in [0.4, 0.5) is 0 Å². The molecule has 1 N–H and O–H groups in total. The fourth-order valence-electron chi connectivity index (χ4n) is 5.24. The van der Waals surface area contributed by atoms with E-state index in [1.54, 1.807) is 18.2 Å². The molecule has 1 aliphatic heterocycles. The number of benzene rings is 2. The molecule has 0 amide bonds. The number of dihydropyridines is 1. The number of ether oxygens (including phenoxy) is 4. The zero-order chi connectivity index (χ0) is 28.8. The van der Waals surface area contributed by atoms with Crippen molar-refractivity contribution in [2.45, 2.75) is 52.4 Å². The molecule has 2 aromatic rings. The zero-order valence-corrected chi connectivity index (χ0v) is 23.9. The lowest BCUT2D eigenvalue weighted by molar-refractivity contribution is -0.141. The van der Waals surface area contributed by atoms with Crippen LogP contribution in [0.3, 0.4) is 0 Å². The fraction of sp³-hybridized carbons (Fsp3) is 0.387. The molecule has 2 atom stereocenters. The number of ketones is 1. The molecule has 1 aliphatic carbocycles. The molecule has 212 valence electrons. The number of rotatable bonds is 10. The van der Waals surface area contributed by atoms with Gasteiger partial charge in [-0.2, -0.15) is 0 Å². The van der Waals surface area contributed by atoms with Crippen molar-refractivity contribution in [3.8, 4) is 11.5 Å². The number of hydrogen-bond donors (Lipinski definition) is 1. The molecular formula is C31H34ClNO7. The van der Waals surface area contributed by atoms with Crippen LogP contribution in [0.1, 0.15) is 63.5 Å². The molecule has 2 aromatic carbocycles. The Hall–Kier alpha value is -3.62. The van der Waals surface area contributed by atoms with Crippen LogP contribution in [0, 0.1) is 0 Å². The highest BCUT2D eigenvalue weighted by Gasteiger charge is 2.41. The van der Waals surface area contributed by atoms with Crippen LogP contribution in [-0.4, -0.2) is 44.1 Å². The molecule has 0 saturated carbocycles. The van der Waals surface area contributed by atoms with Gasteiger partial charge in [0.15, 0.2) is 17.3 Å². The van der Waals surface area contributed by atoms with Crippen LogP contribution in [0.25, 0.3) is 0 Å². The average Bonchev–Trinajstić information content (AvgIpc) is 2.91. The summed E-state index contributed by atoms with van der Waals surface area (Å²) in [4.78, 5) is 39.0. The molecule has 9 heteroatoms. The predicted molar refractivity (Wildman–Crippen MR) is 150 cm³/mol. The van der Waals surface area contributed by atoms with E-state index in [4.69, 9.17) is 30.5 Å². The SMILES string of the molecule is CCOCCOC(=O)C1=C(C)NC2=C(C(=O)C[C@H](c3ccc(Cl)cc3)C2)[C@@H]1c1ccc(OC(C)=O)c(OCC)c1. The lowest BCUT2D eigenvalue weighted by Crippen LogP contribution is -2.36. The smallest absolute Gasteiger partial charge is 0.336 e. The van der Waals surface area contributed by atoms with Crippen LogP contribution < -0.4 is 14.8 Å². The first-order valence-electron chi connectivity index (χ1n) is 13.4. The van der Waals surface area contributed by atoms with E-state index in [-0.39, 0.29) is 37.1 Å². The van der Waals surface area contributed by atoms with E-state index in [2.05, 4.69) is 5.32 Å². The summed E-state index contributed by atoms with van der Waals surface area (Å²) in [5.74, 6) is -1.19. The van der Waals surface area contributed by atoms with Crippen molar-refractivity contribution < 1.29 is 33.3 Å². The van der Waals surface area contributed by atoms with E-state index in [1.807, 2.05) is 45.0 Å². The lowest BCUT2D eigenvalue weighted by atomic mass is 9.71. The molecule has 0 spiro atoms. The highest BCUT2D eigenvalue weighted by molar-refractivity contribution is 6.30. The number of carbonyl (C=O) groups is 3. The third-order valence-corrected chi connectivity index (χ3v) is 7.16. The Morgan fingerprint density at radius 1 is 0.975 bits per heavy atom. The molecular weight excluding hydrogens is 534 g/mol. The topological polar surface area (TPSA) is 100 Å². The van der Waals surface area contributed by atoms with E-state index in [1.165, 1.54) is 6.92 Å². The van der Waals surface area contributed by atoms with Gasteiger partial charge in [0.2, 0.25) is 0 Å². The van der Waals surface area contributed by atoms with Crippen LogP contribution >= 0.6 is 11.6 Å². The molecule has 0 unspecified atom stereocenters. The van der Waals surface area contributed by atoms with Gasteiger partial charge >= 0.3 is 11.9 Å². The van der Waals surface area contributed by atoms with Gasteiger partial charge in [-0.3, -0.25) is 9.59 Å². The third kappa shape index (κ3) is 6.57. The van der Waals surface area contributed by atoms with Gasteiger partial charge in [-0.25, -0.2) is 4.79 Å². The van der Waals surface area contributed by atoms with Gasteiger partial charge in [0.05, 0.1) is 18.8 Å². The first-order chi connectivity index (χ1) is 19.2. The first kappa shape index (κ1) is 29.4. The maximum absolute atomic E-state index is 13.8. The highest BCUT2D eigenvalue weighted by Crippen LogP contribution is 2.47. The first-order valence-corrected chi connectivity index (χ1v) is 13.8. The van der Waals surface area contributed by atoms with Crippen LogP contribution in [-0.2, 0) is 23.9 Å². The van der Waals surface area contributed by atoms with Gasteiger partial charge in [0.1, 0.15) is 6.61 Å². The summed E-state index contributed by atoms with van der Waals surface area (Å²) in [6.07, 6.45) is 0.876. The largest absolute Gasteiger partial charge is 0.490 e. The third-order valence-electron chi connectivity index (χ3n) is 6.91. The molecule has 0 saturated heterocycles. The van der Waals surface area contributed by atoms with Crippen molar-refractivity contribution in [2.24, 2.45) is 0 Å². The van der Waals surface area contributed by atoms with Crippen molar-refractivity contribution in [3.63, 3.8) is 0 Å². The maximum atomic E-state index is 13.8. The minimum atomic E-state index is -0.694. The second-order valence-corrected chi connectivity index (χ2v) is 10.1. The number of nitrogens with one attached hydrogen (secondary N) is 1. The fourth-order valence-corrected chi connectivity index (χ4v) is 5.37. The van der Waals surface area contributed by atoms with Gasteiger partial charge in [-0.1, -0.05) is 29.8 Å². The molecule has 2 aliphatic rings. The number of halogens is 1. The number of carbonyl (C=O) groups excluding carboxylic acids is 3. The minimum absolute atomic E-state index is 0.0329. The summed E-state index contributed by atoms with van der Waals surface area (Å²) in [6, 6.07) is 12.6. The quantitative estimate of drug-likeness (QED) is 0.225. The minimum Gasteiger partial charge on any atom is -0.490 e. The summed E-state index contributed by atoms with van der Waals surface area (Å²) >= 11 is 6.09. The molecule has 0 fully saturated rings. The highest BCUT2D eigenvalue weighted by atomic mass is 35.5. The Morgan fingerprint density at radius 2 is 1.70 bits per heavy atom. The Kier molecular flexibility index (Phi) is 9.66. The number of Topliss-reactive ketones (excluding diaryl/α,β-unsaturated/α-hetero) is 1. The number of hydrogen-bond acceptors (Lipinski definition) is 8. The Balaban J connectivity index is 1.77. The van der Waals surface area contributed by atoms with Crippen LogP contribution in [0.2, 0.25) is 5.02 Å². The summed E-state index contributed by atoms with van der Waals surface area (Å²) < 4.78 is 22.0. The average molecular weight is 568 g/mol. The standard InChI is InChI=1S/C31H34ClNO7/c1-5-37-13-14-39-31(36)28-18(3)33-24-15-22(20-7-10-23(32)11-8-20)16-25(35)30(24)29(28)21-9-12-26(40-19(4)34)27(17-21)38-6-2/h7-12,17,22,29,33H,5-6,13-16H2,1-4H3/t22-,29-/m1/s1. The summed E-state index contributed by atoms with van der Waals surface area (Å²) in [7, 11) is 0. The monoisotopic (exact) mass is 567 g/mol. The van der Waals surface area contributed by atoms with Crippen LogP contribution in [0.5, 0.6) is 11.5 Å². The van der Waals surface area contributed by atoms with Crippen molar-refractivity contribution in [3.05, 3.63) is 81.2 Å².